The number of carbonyl (C=O) groups is 1. The van der Waals surface area contributed by atoms with Crippen LogP contribution in [0, 0.1) is 6.92 Å². The minimum atomic E-state index is -0.124. The Morgan fingerprint density at radius 2 is 2.25 bits per heavy atom. The predicted octanol–water partition coefficient (Wildman–Crippen LogP) is 2.67. The van der Waals surface area contributed by atoms with Crippen LogP contribution >= 0.6 is 0 Å². The highest BCUT2D eigenvalue weighted by Gasteiger charge is 2.19. The maximum Gasteiger partial charge on any atom is 0.259 e. The number of aryl methyl sites for hydroxylation is 2. The Morgan fingerprint density at radius 3 is 2.96 bits per heavy atom. The van der Waals surface area contributed by atoms with Crippen LogP contribution in [0.1, 0.15) is 47.9 Å². The Morgan fingerprint density at radius 1 is 1.42 bits per heavy atom. The summed E-state index contributed by atoms with van der Waals surface area (Å²) in [6.07, 6.45) is 6.25. The number of nitrogens with zero attached hydrogens (tertiary/aromatic N) is 4. The van der Waals surface area contributed by atoms with Crippen LogP contribution in [0.25, 0.3) is 11.1 Å². The Balaban J connectivity index is 1.74. The number of imidazole rings is 1. The van der Waals surface area contributed by atoms with Gasteiger partial charge >= 0.3 is 0 Å². The van der Waals surface area contributed by atoms with Gasteiger partial charge in [0.1, 0.15) is 0 Å². The SMILES string of the molecule is Cc1noc2nc(C(C)C)cc(C(=O)NCCCn3ccnc3)c12. The minimum Gasteiger partial charge on any atom is -0.352 e. The van der Waals surface area contributed by atoms with Crippen molar-refractivity contribution in [1.29, 1.82) is 0 Å². The standard InChI is InChI=1S/C17H21N5O2/c1-11(2)14-9-13(15-12(3)21-24-17(15)20-14)16(23)19-5-4-7-22-8-6-18-10-22/h6,8-11H,4-5,7H2,1-3H3,(H,19,23). The summed E-state index contributed by atoms with van der Waals surface area (Å²) in [5.41, 5.74) is 2.49. The maximum absolute atomic E-state index is 12.6. The average molecular weight is 327 g/mol. The van der Waals surface area contributed by atoms with Gasteiger partial charge in [-0.05, 0) is 25.3 Å². The van der Waals surface area contributed by atoms with Crippen LogP contribution in [0.15, 0.2) is 29.3 Å². The number of hydrogen-bond donors (Lipinski definition) is 1. The number of rotatable bonds is 6. The number of hydrogen-bond acceptors (Lipinski definition) is 5. The van der Waals surface area contributed by atoms with Crippen LogP contribution in [0.3, 0.4) is 0 Å². The van der Waals surface area contributed by atoms with E-state index in [1.54, 1.807) is 12.5 Å². The molecule has 0 saturated heterocycles. The van der Waals surface area contributed by atoms with Gasteiger partial charge in [0.2, 0.25) is 0 Å². The quantitative estimate of drug-likeness (QED) is 0.703. The van der Waals surface area contributed by atoms with Crippen LogP contribution in [-0.2, 0) is 6.54 Å². The first kappa shape index (κ1) is 16.2. The smallest absolute Gasteiger partial charge is 0.259 e. The molecule has 0 saturated carbocycles. The van der Waals surface area contributed by atoms with Crippen molar-refractivity contribution in [2.45, 2.75) is 39.7 Å². The lowest BCUT2D eigenvalue weighted by molar-refractivity contribution is 0.0954. The molecule has 0 radical (unpaired) electrons. The molecule has 0 unspecified atom stereocenters. The van der Waals surface area contributed by atoms with Crippen molar-refractivity contribution < 1.29 is 9.32 Å². The second-order valence-corrected chi connectivity index (χ2v) is 6.11. The lowest BCUT2D eigenvalue weighted by Crippen LogP contribution is -2.25. The summed E-state index contributed by atoms with van der Waals surface area (Å²) in [6.45, 7) is 7.28. The molecule has 0 aliphatic rings. The molecule has 0 aliphatic heterocycles. The average Bonchev–Trinajstić information content (AvgIpc) is 3.20. The van der Waals surface area contributed by atoms with Gasteiger partial charge in [0.15, 0.2) is 0 Å². The van der Waals surface area contributed by atoms with Crippen molar-refractivity contribution in [2.24, 2.45) is 0 Å². The Hall–Kier alpha value is -2.70. The zero-order valence-corrected chi connectivity index (χ0v) is 14.1. The van der Waals surface area contributed by atoms with Crippen molar-refractivity contribution in [2.75, 3.05) is 6.54 Å². The van der Waals surface area contributed by atoms with Gasteiger partial charge in [-0.1, -0.05) is 19.0 Å². The fourth-order valence-electron chi connectivity index (χ4n) is 2.57. The van der Waals surface area contributed by atoms with Crippen molar-refractivity contribution >= 4 is 17.0 Å². The molecule has 0 atom stereocenters. The van der Waals surface area contributed by atoms with Gasteiger partial charge in [-0.3, -0.25) is 4.79 Å². The van der Waals surface area contributed by atoms with Crippen LogP contribution in [0.5, 0.6) is 0 Å². The largest absolute Gasteiger partial charge is 0.352 e. The van der Waals surface area contributed by atoms with Crippen molar-refractivity contribution in [1.82, 2.24) is 25.0 Å². The van der Waals surface area contributed by atoms with E-state index in [9.17, 15) is 4.79 Å². The Bertz CT molecular complexity index is 836. The molecule has 0 spiro atoms. The highest BCUT2D eigenvalue weighted by Crippen LogP contribution is 2.24. The molecule has 0 aromatic carbocycles. The first-order valence-corrected chi connectivity index (χ1v) is 8.07. The van der Waals surface area contributed by atoms with E-state index in [-0.39, 0.29) is 11.8 Å². The van der Waals surface area contributed by atoms with E-state index in [0.717, 1.165) is 18.7 Å². The Labute approximate surface area is 140 Å². The minimum absolute atomic E-state index is 0.124. The monoisotopic (exact) mass is 327 g/mol. The van der Waals surface area contributed by atoms with Crippen LogP contribution in [0.4, 0.5) is 0 Å². The first-order chi connectivity index (χ1) is 11.6. The number of carbonyl (C=O) groups excluding carboxylic acids is 1. The van der Waals surface area contributed by atoms with E-state index < -0.39 is 0 Å². The van der Waals surface area contributed by atoms with E-state index in [0.29, 0.717) is 28.9 Å². The van der Waals surface area contributed by atoms with Crippen LogP contribution < -0.4 is 5.32 Å². The van der Waals surface area contributed by atoms with E-state index in [4.69, 9.17) is 4.52 Å². The molecule has 3 heterocycles. The molecule has 24 heavy (non-hydrogen) atoms. The van der Waals surface area contributed by atoms with E-state index >= 15 is 0 Å². The number of nitrogens with one attached hydrogen (secondary N) is 1. The van der Waals surface area contributed by atoms with E-state index in [2.05, 4.69) is 20.4 Å². The molecule has 3 rings (SSSR count). The molecule has 0 bridgehead atoms. The summed E-state index contributed by atoms with van der Waals surface area (Å²) in [7, 11) is 0. The van der Waals surface area contributed by atoms with E-state index in [1.165, 1.54) is 0 Å². The Kier molecular flexibility index (Phi) is 4.59. The predicted molar refractivity (Wildman–Crippen MR) is 89.8 cm³/mol. The highest BCUT2D eigenvalue weighted by atomic mass is 16.5. The van der Waals surface area contributed by atoms with Gasteiger partial charge < -0.3 is 14.4 Å². The summed E-state index contributed by atoms with van der Waals surface area (Å²) in [6, 6.07) is 1.84. The van der Waals surface area contributed by atoms with Crippen LogP contribution in [0.2, 0.25) is 0 Å². The van der Waals surface area contributed by atoms with Gasteiger partial charge in [0, 0.05) is 31.2 Å². The van der Waals surface area contributed by atoms with Gasteiger partial charge in [0.25, 0.3) is 11.6 Å². The molecular formula is C17H21N5O2. The van der Waals surface area contributed by atoms with Gasteiger partial charge in [-0.2, -0.15) is 0 Å². The van der Waals surface area contributed by atoms with Crippen molar-refractivity contribution in [3.8, 4) is 0 Å². The van der Waals surface area contributed by atoms with Gasteiger partial charge in [0.05, 0.1) is 23.0 Å². The van der Waals surface area contributed by atoms with Crippen molar-refractivity contribution in [3.63, 3.8) is 0 Å². The zero-order chi connectivity index (χ0) is 17.1. The summed E-state index contributed by atoms with van der Waals surface area (Å²) >= 11 is 0. The maximum atomic E-state index is 12.6. The summed E-state index contributed by atoms with van der Waals surface area (Å²) in [5.74, 6) is 0.0776. The highest BCUT2D eigenvalue weighted by molar-refractivity contribution is 6.06. The fraction of sp³-hybridized carbons (Fsp3) is 0.412. The number of aromatic nitrogens is 4. The second kappa shape index (κ2) is 6.82. The zero-order valence-electron chi connectivity index (χ0n) is 14.1. The lowest BCUT2D eigenvalue weighted by atomic mass is 10.0. The van der Waals surface area contributed by atoms with E-state index in [1.807, 2.05) is 37.6 Å². The van der Waals surface area contributed by atoms with Crippen molar-refractivity contribution in [3.05, 3.63) is 41.7 Å². The molecule has 1 N–H and O–H groups in total. The molecule has 1 amide bonds. The van der Waals surface area contributed by atoms with Gasteiger partial charge in [-0.15, -0.1) is 0 Å². The summed E-state index contributed by atoms with van der Waals surface area (Å²) in [5, 5.41) is 7.60. The first-order valence-electron chi connectivity index (χ1n) is 8.07. The van der Waals surface area contributed by atoms with Crippen LogP contribution in [-0.4, -0.2) is 32.1 Å². The fourth-order valence-corrected chi connectivity index (χ4v) is 2.57. The molecular weight excluding hydrogens is 306 g/mol. The molecule has 0 aliphatic carbocycles. The molecule has 126 valence electrons. The second-order valence-electron chi connectivity index (χ2n) is 6.11. The molecule has 3 aromatic rings. The topological polar surface area (TPSA) is 85.8 Å². The molecule has 0 fully saturated rings. The lowest BCUT2D eigenvalue weighted by Gasteiger charge is -2.10. The molecule has 7 heteroatoms. The van der Waals surface area contributed by atoms with Gasteiger partial charge in [-0.25, -0.2) is 9.97 Å². The summed E-state index contributed by atoms with van der Waals surface area (Å²) in [4.78, 5) is 21.1. The number of fused-ring (bicyclic) bond motifs is 1. The normalized spacial score (nSPS) is 11.3. The third kappa shape index (κ3) is 3.29. The summed E-state index contributed by atoms with van der Waals surface area (Å²) < 4.78 is 7.24. The molecule has 7 nitrogen and oxygen atoms in total. The number of pyridine rings is 1. The third-order valence-corrected chi connectivity index (χ3v) is 3.91. The number of amides is 1. The third-order valence-electron chi connectivity index (χ3n) is 3.91. The molecule has 3 aromatic heterocycles.